The van der Waals surface area contributed by atoms with Crippen LogP contribution in [0.25, 0.3) is 0 Å². The number of nitrogens with two attached hydrogens (primary N) is 1. The van der Waals surface area contributed by atoms with E-state index in [-0.39, 0.29) is 0 Å². The van der Waals surface area contributed by atoms with E-state index in [1.807, 2.05) is 37.3 Å². The maximum absolute atomic E-state index is 8.80. The average Bonchev–Trinajstić information content (AvgIpc) is 2.42. The van der Waals surface area contributed by atoms with E-state index >= 15 is 0 Å². The number of hydrogen-bond acceptors (Lipinski definition) is 4. The molecule has 0 aliphatic carbocycles. The molecule has 2 rings (SSSR count). The molecule has 0 heterocycles. The largest absolute Gasteiger partial charge is 0.494 e. The average molecular weight is 254 g/mol. The van der Waals surface area contributed by atoms with Crippen molar-refractivity contribution in [2.45, 2.75) is 6.92 Å². The molecule has 0 aromatic heterocycles. The van der Waals surface area contributed by atoms with E-state index in [1.54, 1.807) is 18.2 Å². The first-order valence-electron chi connectivity index (χ1n) is 5.93. The minimum Gasteiger partial charge on any atom is -0.494 e. The van der Waals surface area contributed by atoms with E-state index in [0.717, 1.165) is 5.75 Å². The van der Waals surface area contributed by atoms with Crippen molar-refractivity contribution >= 4 is 5.69 Å². The van der Waals surface area contributed by atoms with Crippen molar-refractivity contribution in [3.8, 4) is 23.3 Å². The molecule has 0 aliphatic heterocycles. The molecule has 0 fully saturated rings. The molecule has 0 aliphatic rings. The standard InChI is InChI=1S/C15H14N2O2/c1-2-18-12-5-7-13(8-6-12)19-14-4-3-11(10-16)15(17)9-14/h3-9H,2,17H2,1H3. The third-order valence-corrected chi connectivity index (χ3v) is 2.51. The van der Waals surface area contributed by atoms with Crippen molar-refractivity contribution in [2.75, 3.05) is 12.3 Å². The Hall–Kier alpha value is -2.67. The van der Waals surface area contributed by atoms with E-state index in [9.17, 15) is 0 Å². The third kappa shape index (κ3) is 3.17. The zero-order chi connectivity index (χ0) is 13.7. The van der Waals surface area contributed by atoms with Gasteiger partial charge in [0.2, 0.25) is 0 Å². The number of nitriles is 1. The van der Waals surface area contributed by atoms with Crippen molar-refractivity contribution in [3.63, 3.8) is 0 Å². The molecule has 19 heavy (non-hydrogen) atoms. The Bertz CT molecular complexity index is 601. The van der Waals surface area contributed by atoms with Crippen LogP contribution in [-0.2, 0) is 0 Å². The molecule has 2 N–H and O–H groups in total. The number of nitrogen functional groups attached to an aromatic ring is 1. The summed E-state index contributed by atoms with van der Waals surface area (Å²) in [4.78, 5) is 0. The van der Waals surface area contributed by atoms with Crippen LogP contribution >= 0.6 is 0 Å². The molecule has 4 heteroatoms. The Morgan fingerprint density at radius 3 is 2.26 bits per heavy atom. The zero-order valence-electron chi connectivity index (χ0n) is 10.6. The van der Waals surface area contributed by atoms with Crippen LogP contribution < -0.4 is 15.2 Å². The van der Waals surface area contributed by atoms with Gasteiger partial charge in [0, 0.05) is 6.07 Å². The number of rotatable bonds is 4. The SMILES string of the molecule is CCOc1ccc(Oc2ccc(C#N)c(N)c2)cc1. The lowest BCUT2D eigenvalue weighted by molar-refractivity contribution is 0.339. The minimum atomic E-state index is 0.408. The summed E-state index contributed by atoms with van der Waals surface area (Å²) >= 11 is 0. The Kier molecular flexibility index (Phi) is 3.89. The second-order valence-corrected chi connectivity index (χ2v) is 3.87. The number of benzene rings is 2. The second-order valence-electron chi connectivity index (χ2n) is 3.87. The van der Waals surface area contributed by atoms with Gasteiger partial charge in [0.1, 0.15) is 23.3 Å². The predicted octanol–water partition coefficient (Wildman–Crippen LogP) is 3.33. The van der Waals surface area contributed by atoms with Crippen molar-refractivity contribution in [1.29, 1.82) is 5.26 Å². The summed E-state index contributed by atoms with van der Waals surface area (Å²) in [6.45, 7) is 2.57. The van der Waals surface area contributed by atoms with Crippen LogP contribution in [0.1, 0.15) is 12.5 Å². The van der Waals surface area contributed by atoms with Crippen LogP contribution in [0.15, 0.2) is 42.5 Å². The first kappa shape index (κ1) is 12.8. The molecule has 0 saturated carbocycles. The lowest BCUT2D eigenvalue weighted by Crippen LogP contribution is -1.93. The quantitative estimate of drug-likeness (QED) is 0.850. The van der Waals surface area contributed by atoms with E-state index < -0.39 is 0 Å². The van der Waals surface area contributed by atoms with Crippen LogP contribution in [0.5, 0.6) is 17.2 Å². The molecular weight excluding hydrogens is 240 g/mol. The Morgan fingerprint density at radius 1 is 1.05 bits per heavy atom. The van der Waals surface area contributed by atoms with Gasteiger partial charge in [-0.05, 0) is 43.3 Å². The summed E-state index contributed by atoms with van der Waals surface area (Å²) in [6, 6.07) is 14.3. The van der Waals surface area contributed by atoms with Crippen molar-refractivity contribution in [2.24, 2.45) is 0 Å². The third-order valence-electron chi connectivity index (χ3n) is 2.51. The molecule has 0 atom stereocenters. The number of nitrogens with zero attached hydrogens (tertiary/aromatic N) is 1. The fraction of sp³-hybridized carbons (Fsp3) is 0.133. The summed E-state index contributed by atoms with van der Waals surface area (Å²) in [5.41, 5.74) is 6.58. The molecule has 0 radical (unpaired) electrons. The van der Waals surface area contributed by atoms with Crippen LogP contribution in [0.3, 0.4) is 0 Å². The smallest absolute Gasteiger partial charge is 0.129 e. The highest BCUT2D eigenvalue weighted by atomic mass is 16.5. The Morgan fingerprint density at radius 2 is 1.68 bits per heavy atom. The highest BCUT2D eigenvalue weighted by Crippen LogP contribution is 2.26. The van der Waals surface area contributed by atoms with Crippen LogP contribution in [0.2, 0.25) is 0 Å². The minimum absolute atomic E-state index is 0.408. The monoisotopic (exact) mass is 254 g/mol. The van der Waals surface area contributed by atoms with Gasteiger partial charge in [-0.15, -0.1) is 0 Å². The van der Waals surface area contributed by atoms with E-state index in [0.29, 0.717) is 29.4 Å². The number of hydrogen-bond donors (Lipinski definition) is 1. The second kappa shape index (κ2) is 5.78. The van der Waals surface area contributed by atoms with E-state index in [2.05, 4.69) is 0 Å². The Balaban J connectivity index is 2.13. The fourth-order valence-electron chi connectivity index (χ4n) is 1.61. The summed E-state index contributed by atoms with van der Waals surface area (Å²) in [6.07, 6.45) is 0. The molecule has 96 valence electrons. The maximum Gasteiger partial charge on any atom is 0.129 e. The van der Waals surface area contributed by atoms with Gasteiger partial charge in [-0.25, -0.2) is 0 Å². The number of ether oxygens (including phenoxy) is 2. The molecular formula is C15H14N2O2. The van der Waals surface area contributed by atoms with Gasteiger partial charge in [-0.3, -0.25) is 0 Å². The van der Waals surface area contributed by atoms with Crippen molar-refractivity contribution in [1.82, 2.24) is 0 Å². The van der Waals surface area contributed by atoms with Crippen LogP contribution in [0.4, 0.5) is 5.69 Å². The highest BCUT2D eigenvalue weighted by molar-refractivity contribution is 5.57. The molecule has 4 nitrogen and oxygen atoms in total. The van der Waals surface area contributed by atoms with E-state index in [1.165, 1.54) is 0 Å². The first-order chi connectivity index (χ1) is 9.22. The normalized spacial score (nSPS) is 9.68. The number of anilines is 1. The summed E-state index contributed by atoms with van der Waals surface area (Å²) in [7, 11) is 0. The van der Waals surface area contributed by atoms with Gasteiger partial charge >= 0.3 is 0 Å². The van der Waals surface area contributed by atoms with Crippen molar-refractivity contribution in [3.05, 3.63) is 48.0 Å². The summed E-state index contributed by atoms with van der Waals surface area (Å²) < 4.78 is 11.0. The lowest BCUT2D eigenvalue weighted by Gasteiger charge is -2.08. The maximum atomic E-state index is 8.80. The molecule has 0 saturated heterocycles. The molecule has 2 aromatic rings. The Labute approximate surface area is 112 Å². The molecule has 0 spiro atoms. The molecule has 2 aromatic carbocycles. The van der Waals surface area contributed by atoms with Gasteiger partial charge in [-0.1, -0.05) is 0 Å². The predicted molar refractivity (Wildman–Crippen MR) is 73.3 cm³/mol. The highest BCUT2D eigenvalue weighted by Gasteiger charge is 2.02. The van der Waals surface area contributed by atoms with E-state index in [4.69, 9.17) is 20.5 Å². The van der Waals surface area contributed by atoms with Gasteiger partial charge in [-0.2, -0.15) is 5.26 Å². The van der Waals surface area contributed by atoms with Gasteiger partial charge in [0.25, 0.3) is 0 Å². The summed E-state index contributed by atoms with van der Waals surface area (Å²) in [5, 5.41) is 8.80. The zero-order valence-corrected chi connectivity index (χ0v) is 10.6. The van der Waals surface area contributed by atoms with Crippen molar-refractivity contribution < 1.29 is 9.47 Å². The van der Waals surface area contributed by atoms with Crippen LogP contribution in [-0.4, -0.2) is 6.61 Å². The molecule has 0 bridgehead atoms. The molecule has 0 amide bonds. The first-order valence-corrected chi connectivity index (χ1v) is 5.93. The topological polar surface area (TPSA) is 68.3 Å². The fourth-order valence-corrected chi connectivity index (χ4v) is 1.61. The van der Waals surface area contributed by atoms with Gasteiger partial charge in [0.15, 0.2) is 0 Å². The van der Waals surface area contributed by atoms with Gasteiger partial charge < -0.3 is 15.2 Å². The molecule has 0 unspecified atom stereocenters. The summed E-state index contributed by atoms with van der Waals surface area (Å²) in [5.74, 6) is 2.09. The van der Waals surface area contributed by atoms with Gasteiger partial charge in [0.05, 0.1) is 17.9 Å². The lowest BCUT2D eigenvalue weighted by atomic mass is 10.2. The van der Waals surface area contributed by atoms with Crippen LogP contribution in [0, 0.1) is 11.3 Å².